The van der Waals surface area contributed by atoms with Crippen molar-refractivity contribution in [3.63, 3.8) is 0 Å². The zero-order valence-electron chi connectivity index (χ0n) is 15.2. The number of anilines is 1. The first-order valence-corrected chi connectivity index (χ1v) is 8.42. The lowest BCUT2D eigenvalue weighted by Gasteiger charge is -2.28. The highest BCUT2D eigenvalue weighted by Crippen LogP contribution is 2.27. The van der Waals surface area contributed by atoms with Gasteiger partial charge in [0.1, 0.15) is 11.5 Å². The molecule has 0 aromatic heterocycles. The van der Waals surface area contributed by atoms with Gasteiger partial charge in [0.05, 0.1) is 19.8 Å². The molecule has 0 atom stereocenters. The van der Waals surface area contributed by atoms with Gasteiger partial charge in [-0.15, -0.1) is 0 Å². The van der Waals surface area contributed by atoms with E-state index in [1.807, 2.05) is 18.2 Å². The molecule has 2 aromatic rings. The first-order valence-electron chi connectivity index (χ1n) is 8.42. The molecule has 1 aliphatic rings. The summed E-state index contributed by atoms with van der Waals surface area (Å²) in [7, 11) is 3.08. The van der Waals surface area contributed by atoms with Gasteiger partial charge in [0.2, 0.25) is 5.91 Å². The highest BCUT2D eigenvalue weighted by molar-refractivity contribution is 6.06. The Morgan fingerprint density at radius 2 is 1.85 bits per heavy atom. The van der Waals surface area contributed by atoms with Crippen molar-refractivity contribution in [1.82, 2.24) is 4.90 Å². The van der Waals surface area contributed by atoms with E-state index in [4.69, 9.17) is 9.47 Å². The molecule has 1 N–H and O–H groups in total. The van der Waals surface area contributed by atoms with Crippen molar-refractivity contribution in [2.45, 2.75) is 19.9 Å². The molecule has 0 saturated carbocycles. The van der Waals surface area contributed by atoms with E-state index in [1.54, 1.807) is 37.1 Å². The van der Waals surface area contributed by atoms with E-state index in [-0.39, 0.29) is 11.8 Å². The zero-order valence-corrected chi connectivity index (χ0v) is 15.2. The van der Waals surface area contributed by atoms with Crippen molar-refractivity contribution in [2.75, 3.05) is 26.1 Å². The first kappa shape index (κ1) is 17.8. The number of hydrogen-bond donors (Lipinski definition) is 1. The van der Waals surface area contributed by atoms with Gasteiger partial charge >= 0.3 is 0 Å². The number of ether oxygens (including phenoxy) is 2. The fourth-order valence-corrected chi connectivity index (χ4v) is 3.09. The Kier molecular flexibility index (Phi) is 5.11. The Hall–Kier alpha value is -3.02. The van der Waals surface area contributed by atoms with E-state index in [0.717, 1.165) is 18.5 Å². The topological polar surface area (TPSA) is 67.9 Å². The van der Waals surface area contributed by atoms with Crippen LogP contribution in [0.3, 0.4) is 0 Å². The second-order valence-electron chi connectivity index (χ2n) is 6.19. The number of hydrogen-bond acceptors (Lipinski definition) is 4. The quantitative estimate of drug-likeness (QED) is 0.917. The van der Waals surface area contributed by atoms with Gasteiger partial charge in [0, 0.05) is 31.8 Å². The minimum atomic E-state index is -0.260. The Balaban J connectivity index is 1.80. The predicted molar refractivity (Wildman–Crippen MR) is 98.7 cm³/mol. The summed E-state index contributed by atoms with van der Waals surface area (Å²) in [5, 5.41) is 2.90. The Morgan fingerprint density at radius 3 is 2.54 bits per heavy atom. The van der Waals surface area contributed by atoms with Gasteiger partial charge in [-0.1, -0.05) is 6.07 Å². The molecule has 26 heavy (non-hydrogen) atoms. The van der Waals surface area contributed by atoms with E-state index < -0.39 is 0 Å². The van der Waals surface area contributed by atoms with E-state index in [0.29, 0.717) is 29.3 Å². The van der Waals surface area contributed by atoms with Crippen LogP contribution in [0, 0.1) is 0 Å². The lowest BCUT2D eigenvalue weighted by atomic mass is 9.99. The number of rotatable bonds is 4. The van der Waals surface area contributed by atoms with Gasteiger partial charge in [-0.25, -0.2) is 0 Å². The highest BCUT2D eigenvalue weighted by Gasteiger charge is 2.19. The first-order chi connectivity index (χ1) is 12.5. The Bertz CT molecular complexity index is 848. The molecule has 0 aliphatic carbocycles. The third-order valence-electron chi connectivity index (χ3n) is 4.58. The van der Waals surface area contributed by atoms with Crippen LogP contribution in [0.2, 0.25) is 0 Å². The predicted octanol–water partition coefficient (Wildman–Crippen LogP) is 2.86. The molecule has 0 saturated heterocycles. The summed E-state index contributed by atoms with van der Waals surface area (Å²) >= 11 is 0. The monoisotopic (exact) mass is 354 g/mol. The van der Waals surface area contributed by atoms with E-state index in [9.17, 15) is 9.59 Å². The number of carbonyl (C=O) groups excluding carboxylic acids is 2. The normalized spacial score (nSPS) is 13.0. The number of benzene rings is 2. The van der Waals surface area contributed by atoms with E-state index >= 15 is 0 Å². The number of nitrogens with zero attached hydrogens (tertiary/aromatic N) is 1. The summed E-state index contributed by atoms with van der Waals surface area (Å²) in [5.74, 6) is 0.871. The second kappa shape index (κ2) is 7.47. The van der Waals surface area contributed by atoms with Crippen molar-refractivity contribution >= 4 is 17.5 Å². The maximum absolute atomic E-state index is 12.6. The molecule has 1 aliphatic heterocycles. The fourth-order valence-electron chi connectivity index (χ4n) is 3.09. The van der Waals surface area contributed by atoms with Crippen LogP contribution in [-0.2, 0) is 17.8 Å². The van der Waals surface area contributed by atoms with Gasteiger partial charge in [-0.05, 0) is 41.8 Å². The largest absolute Gasteiger partial charge is 0.497 e. The molecule has 6 heteroatoms. The maximum atomic E-state index is 12.6. The van der Waals surface area contributed by atoms with Crippen LogP contribution < -0.4 is 14.8 Å². The smallest absolute Gasteiger partial charge is 0.259 e. The molecule has 0 spiro atoms. The molecular formula is C20H22N2O4. The van der Waals surface area contributed by atoms with Gasteiger partial charge in [0.15, 0.2) is 0 Å². The van der Waals surface area contributed by atoms with Gasteiger partial charge in [-0.3, -0.25) is 9.59 Å². The van der Waals surface area contributed by atoms with Crippen LogP contribution in [-0.4, -0.2) is 37.5 Å². The summed E-state index contributed by atoms with van der Waals surface area (Å²) < 4.78 is 10.5. The van der Waals surface area contributed by atoms with Gasteiger partial charge in [-0.2, -0.15) is 0 Å². The third-order valence-corrected chi connectivity index (χ3v) is 4.58. The number of fused-ring (bicyclic) bond motifs is 1. The molecule has 3 rings (SSSR count). The minimum absolute atomic E-state index is 0.0630. The number of carbonyl (C=O) groups is 2. The molecule has 1 heterocycles. The summed E-state index contributed by atoms with van der Waals surface area (Å²) in [6.07, 6.45) is 0.829. The summed E-state index contributed by atoms with van der Waals surface area (Å²) in [6.45, 7) is 2.88. The van der Waals surface area contributed by atoms with Crippen LogP contribution in [0.5, 0.6) is 11.5 Å². The summed E-state index contributed by atoms with van der Waals surface area (Å²) in [4.78, 5) is 26.1. The molecule has 2 aromatic carbocycles. The lowest BCUT2D eigenvalue weighted by Crippen LogP contribution is -2.34. The average Bonchev–Trinajstić information content (AvgIpc) is 2.66. The SMILES string of the molecule is COc1ccc(C(=O)Nc2ccc3c(c2)CN(C(C)=O)CC3)c(OC)c1. The molecular weight excluding hydrogens is 332 g/mol. The maximum Gasteiger partial charge on any atom is 0.259 e. The average molecular weight is 354 g/mol. The van der Waals surface area contributed by atoms with Crippen LogP contribution >= 0.6 is 0 Å². The zero-order chi connectivity index (χ0) is 18.7. The van der Waals surface area contributed by atoms with Crippen molar-refractivity contribution < 1.29 is 19.1 Å². The number of methoxy groups -OCH3 is 2. The van der Waals surface area contributed by atoms with Crippen LogP contribution in [0.15, 0.2) is 36.4 Å². The Labute approximate surface area is 152 Å². The van der Waals surface area contributed by atoms with Crippen molar-refractivity contribution in [3.05, 3.63) is 53.1 Å². The number of amides is 2. The summed E-state index contributed by atoms with van der Waals surface area (Å²) in [5.41, 5.74) is 3.39. The molecule has 2 amide bonds. The van der Waals surface area contributed by atoms with Crippen molar-refractivity contribution in [1.29, 1.82) is 0 Å². The lowest BCUT2D eigenvalue weighted by molar-refractivity contribution is -0.129. The van der Waals surface area contributed by atoms with Crippen LogP contribution in [0.4, 0.5) is 5.69 Å². The molecule has 136 valence electrons. The van der Waals surface area contributed by atoms with E-state index in [2.05, 4.69) is 5.32 Å². The van der Waals surface area contributed by atoms with Crippen molar-refractivity contribution in [2.24, 2.45) is 0 Å². The molecule has 0 bridgehead atoms. The Morgan fingerprint density at radius 1 is 1.04 bits per heavy atom. The molecule has 6 nitrogen and oxygen atoms in total. The molecule has 0 fully saturated rings. The standard InChI is InChI=1S/C20H22N2O4/c1-13(23)22-9-8-14-4-5-16(10-15(14)12-22)21-20(24)18-7-6-17(25-2)11-19(18)26-3/h4-7,10-11H,8-9,12H2,1-3H3,(H,21,24). The number of nitrogens with one attached hydrogen (secondary N) is 1. The summed E-state index contributed by atoms with van der Waals surface area (Å²) in [6, 6.07) is 10.9. The highest BCUT2D eigenvalue weighted by atomic mass is 16.5. The third kappa shape index (κ3) is 3.64. The van der Waals surface area contributed by atoms with Gasteiger partial charge in [0.25, 0.3) is 5.91 Å². The van der Waals surface area contributed by atoms with Crippen molar-refractivity contribution in [3.8, 4) is 11.5 Å². The van der Waals surface area contributed by atoms with E-state index in [1.165, 1.54) is 12.7 Å². The second-order valence-corrected chi connectivity index (χ2v) is 6.19. The van der Waals surface area contributed by atoms with Gasteiger partial charge < -0.3 is 19.7 Å². The fraction of sp³-hybridized carbons (Fsp3) is 0.300. The van der Waals surface area contributed by atoms with Crippen LogP contribution in [0.25, 0.3) is 0 Å². The molecule has 0 radical (unpaired) electrons. The minimum Gasteiger partial charge on any atom is -0.497 e. The van der Waals surface area contributed by atoms with Crippen LogP contribution in [0.1, 0.15) is 28.4 Å². The molecule has 0 unspecified atom stereocenters.